The normalized spacial score (nSPS) is 12.2. The summed E-state index contributed by atoms with van der Waals surface area (Å²) in [6.07, 6.45) is 3.19. The van der Waals surface area contributed by atoms with Crippen LogP contribution in [0.25, 0.3) is 5.82 Å². The first-order valence-corrected chi connectivity index (χ1v) is 21.2. The highest BCUT2D eigenvalue weighted by Gasteiger charge is 2.24. The lowest BCUT2D eigenvalue weighted by molar-refractivity contribution is -0.485. The maximum atomic E-state index is 13.0. The number of amides is 3. The summed E-state index contributed by atoms with van der Waals surface area (Å²) in [5, 5.41) is 38.2. The molecule has 0 unspecified atom stereocenters. The van der Waals surface area contributed by atoms with Crippen molar-refractivity contribution >= 4 is 121 Å². The van der Waals surface area contributed by atoms with Gasteiger partial charge >= 0.3 is 0 Å². The number of para-hydroxylation sites is 1. The van der Waals surface area contributed by atoms with Gasteiger partial charge in [-0.05, 0) is 88.0 Å². The van der Waals surface area contributed by atoms with E-state index in [1.165, 1.54) is 23.9 Å². The van der Waals surface area contributed by atoms with Crippen LogP contribution < -0.4 is 21.3 Å². The molecule has 1 saturated heterocycles. The van der Waals surface area contributed by atoms with Gasteiger partial charge in [0.05, 0.1) is 27.5 Å². The molecular weight excluding hydrogens is 1010 g/mol. The topological polar surface area (TPSA) is 238 Å². The van der Waals surface area contributed by atoms with E-state index >= 15 is 0 Å². The first-order chi connectivity index (χ1) is 30.1. The van der Waals surface area contributed by atoms with Crippen LogP contribution in [0, 0.1) is 28.4 Å². The molecule has 3 amide bonds. The highest BCUT2D eigenvalue weighted by atomic mass is 79.9. The molecule has 0 aliphatic carbocycles. The summed E-state index contributed by atoms with van der Waals surface area (Å²) >= 11 is 33.6. The van der Waals surface area contributed by atoms with Crippen molar-refractivity contribution in [3.05, 3.63) is 152 Å². The Balaban J connectivity index is 0.000000187. The fourth-order valence-electron chi connectivity index (χ4n) is 5.45. The first kappa shape index (κ1) is 48.1. The summed E-state index contributed by atoms with van der Waals surface area (Å²) < 4.78 is 5.53. The van der Waals surface area contributed by atoms with Crippen LogP contribution in [0.1, 0.15) is 47.2 Å². The van der Waals surface area contributed by atoms with Crippen molar-refractivity contribution in [3.8, 4) is 11.9 Å². The number of hydrogen-bond donors (Lipinski definition) is 4. The van der Waals surface area contributed by atoms with Gasteiger partial charge in [-0.2, -0.15) is 14.7 Å². The molecule has 63 heavy (non-hydrogen) atoms. The summed E-state index contributed by atoms with van der Waals surface area (Å²) in [5.74, 6) is -0.713. The van der Waals surface area contributed by atoms with Gasteiger partial charge in [0.2, 0.25) is 0 Å². The van der Waals surface area contributed by atoms with Crippen molar-refractivity contribution in [1.29, 1.82) is 5.26 Å². The van der Waals surface area contributed by atoms with Crippen LogP contribution >= 0.6 is 85.5 Å². The zero-order chi connectivity index (χ0) is 45.8. The number of nitriles is 1. The fourth-order valence-corrected chi connectivity index (χ4v) is 7.52. The van der Waals surface area contributed by atoms with Crippen molar-refractivity contribution in [2.45, 2.75) is 13.5 Å². The second-order valence-electron chi connectivity index (χ2n) is 12.5. The van der Waals surface area contributed by atoms with E-state index in [0.717, 1.165) is 17.1 Å². The number of aryl methyl sites for hydroxylation is 1. The zero-order valence-corrected chi connectivity index (χ0v) is 38.6. The lowest BCUT2D eigenvalue weighted by atomic mass is 10.1. The van der Waals surface area contributed by atoms with E-state index < -0.39 is 16.8 Å². The van der Waals surface area contributed by atoms with Gasteiger partial charge in [0, 0.05) is 50.2 Å². The van der Waals surface area contributed by atoms with Crippen molar-refractivity contribution in [1.82, 2.24) is 39.7 Å². The first-order valence-electron chi connectivity index (χ1n) is 17.7. The highest BCUT2D eigenvalue weighted by Crippen LogP contribution is 2.30. The Morgan fingerprint density at radius 2 is 1.78 bits per heavy atom. The molecule has 0 saturated carbocycles. The SMILES string of the molecule is CNC(=O)c1cc(Cl)cc(C)c1NC(=O)c1cc(Br)nn1-c1ncccc1Cl.N#Cc1ccccc1NC(=O)c1snc(Cl)c1Cl.O=[N+]([O-])/N=C1\NCCN1Cc1ccc(Cl)nc1. The van der Waals surface area contributed by atoms with E-state index in [-0.39, 0.29) is 38.2 Å². The smallest absolute Gasteiger partial charge is 0.274 e. The number of hydrogen-bond acceptors (Lipinski definition) is 11. The van der Waals surface area contributed by atoms with Gasteiger partial charge in [0.25, 0.3) is 23.7 Å². The molecule has 0 radical (unpaired) electrons. The molecular formula is C38H29BrCl5N13O5S. The van der Waals surface area contributed by atoms with Gasteiger partial charge < -0.3 is 26.2 Å². The minimum atomic E-state index is -0.708. The number of nitro groups is 1. The third kappa shape index (κ3) is 12.8. The van der Waals surface area contributed by atoms with Crippen molar-refractivity contribution in [3.63, 3.8) is 0 Å². The zero-order valence-electron chi connectivity index (χ0n) is 32.4. The second-order valence-corrected chi connectivity index (χ2v) is 16.0. The third-order valence-electron chi connectivity index (χ3n) is 8.26. The Kier molecular flexibility index (Phi) is 17.1. The number of guanidine groups is 1. The van der Waals surface area contributed by atoms with E-state index in [1.807, 2.05) is 12.1 Å². The van der Waals surface area contributed by atoms with Crippen molar-refractivity contribution < 1.29 is 19.4 Å². The van der Waals surface area contributed by atoms with Gasteiger partial charge in [-0.25, -0.2) is 24.8 Å². The Labute approximate surface area is 395 Å². The molecule has 0 spiro atoms. The molecule has 18 nitrogen and oxygen atoms in total. The minimum Gasteiger partial charge on any atom is -0.355 e. The number of anilines is 2. The molecule has 5 heterocycles. The highest BCUT2D eigenvalue weighted by molar-refractivity contribution is 9.10. The van der Waals surface area contributed by atoms with E-state index in [9.17, 15) is 24.5 Å². The number of carbonyl (C=O) groups is 3. The fraction of sp³-hybridized carbons (Fsp3) is 0.132. The molecule has 7 rings (SSSR count). The Hall–Kier alpha value is -5.92. The number of benzene rings is 2. The number of pyridine rings is 2. The predicted octanol–water partition coefficient (Wildman–Crippen LogP) is 8.52. The quantitative estimate of drug-likeness (QED) is 0.0606. The maximum absolute atomic E-state index is 13.0. The van der Waals surface area contributed by atoms with Crippen LogP contribution in [0.4, 0.5) is 11.4 Å². The standard InChI is InChI=1S/C18H14BrCl2N5O2.C11H5Cl2N3OS.C9H10ClN5O2/c1-9-6-10(20)7-11(17(27)22-2)15(9)24-18(28)13-8-14(19)25-26(13)16-12(21)4-3-5-23-16;12-8-9(18-16-10(8)13)11(17)15-7-4-2-1-3-6(7)5-14;10-8-2-1-7(5-12-8)6-14-4-3-11-9(14)13-15(16)17/h3-8H,1-2H3,(H,22,27)(H,24,28);1-4H,(H,15,17);1-2,5H,3-4,6H2,(H,11,13). The molecule has 1 fully saturated rings. The molecule has 324 valence electrons. The van der Waals surface area contributed by atoms with Crippen LogP contribution in [0.15, 0.2) is 88.8 Å². The Morgan fingerprint density at radius 3 is 2.43 bits per heavy atom. The Bertz CT molecular complexity index is 2750. The van der Waals surface area contributed by atoms with E-state index in [0.29, 0.717) is 67.8 Å². The molecule has 25 heteroatoms. The van der Waals surface area contributed by atoms with Crippen LogP contribution in [-0.4, -0.2) is 77.9 Å². The molecule has 0 bridgehead atoms. The van der Waals surface area contributed by atoms with Gasteiger partial charge in [0.1, 0.15) is 36.5 Å². The summed E-state index contributed by atoms with van der Waals surface area (Å²) in [6.45, 7) is 3.59. The molecule has 1 aliphatic rings. The minimum absolute atomic E-state index is 0.0976. The monoisotopic (exact) mass is 1030 g/mol. The molecule has 6 aromatic rings. The molecule has 2 aromatic carbocycles. The van der Waals surface area contributed by atoms with E-state index in [2.05, 4.69) is 61.7 Å². The van der Waals surface area contributed by atoms with Crippen molar-refractivity contribution in [2.75, 3.05) is 30.8 Å². The number of aromatic nitrogens is 5. The van der Waals surface area contributed by atoms with Gasteiger partial charge in [-0.15, -0.1) is 0 Å². The summed E-state index contributed by atoms with van der Waals surface area (Å²) in [4.78, 5) is 57.6. The lowest BCUT2D eigenvalue weighted by Crippen LogP contribution is -2.30. The molecule has 1 aliphatic heterocycles. The van der Waals surface area contributed by atoms with E-state index in [1.54, 1.807) is 72.7 Å². The van der Waals surface area contributed by atoms with Gasteiger partial charge in [0.15, 0.2) is 16.0 Å². The predicted molar refractivity (Wildman–Crippen MR) is 245 cm³/mol. The number of rotatable bonds is 9. The summed E-state index contributed by atoms with van der Waals surface area (Å²) in [5.41, 5.74) is 3.15. The summed E-state index contributed by atoms with van der Waals surface area (Å²) in [7, 11) is 1.50. The number of nitrogens with zero attached hydrogens (tertiary/aromatic N) is 9. The molecule has 0 atom stereocenters. The molecule has 4 N–H and O–H groups in total. The molecule has 4 aromatic heterocycles. The number of halogens is 6. The third-order valence-corrected chi connectivity index (χ3v) is 11.2. The maximum Gasteiger partial charge on any atom is 0.274 e. The van der Waals surface area contributed by atoms with Crippen LogP contribution in [-0.2, 0) is 6.54 Å². The van der Waals surface area contributed by atoms with E-state index in [4.69, 9.17) is 63.3 Å². The number of carbonyl (C=O) groups excluding carboxylic acids is 3. The second kappa shape index (κ2) is 22.4. The van der Waals surface area contributed by atoms with Crippen LogP contribution in [0.3, 0.4) is 0 Å². The largest absolute Gasteiger partial charge is 0.355 e. The number of hydrazone groups is 1. The Morgan fingerprint density at radius 1 is 1.02 bits per heavy atom. The van der Waals surface area contributed by atoms with Gasteiger partial charge in [-0.3, -0.25) is 14.4 Å². The van der Waals surface area contributed by atoms with Gasteiger partial charge in [-0.1, -0.05) is 76.2 Å². The summed E-state index contributed by atoms with van der Waals surface area (Å²) in [6, 6.07) is 20.2. The van der Waals surface area contributed by atoms with Crippen molar-refractivity contribution in [2.24, 2.45) is 5.10 Å². The number of nitrogens with one attached hydrogen (secondary N) is 4. The van der Waals surface area contributed by atoms with Crippen LogP contribution in [0.2, 0.25) is 25.4 Å². The average Bonchev–Trinajstić information content (AvgIpc) is 3.97. The lowest BCUT2D eigenvalue weighted by Gasteiger charge is -2.14. The van der Waals surface area contributed by atoms with Crippen LogP contribution in [0.5, 0.6) is 0 Å². The average molecular weight is 1040 g/mol.